The lowest BCUT2D eigenvalue weighted by Crippen LogP contribution is -2.15. The maximum atomic E-state index is 5.81. The molecule has 0 saturated heterocycles. The minimum atomic E-state index is -0.0969. The van der Waals surface area contributed by atoms with Crippen LogP contribution in [0, 0.1) is 0 Å². The van der Waals surface area contributed by atoms with Crippen LogP contribution in [-0.4, -0.2) is 28.7 Å². The Morgan fingerprint density at radius 1 is 0.333 bits per heavy atom. The molecule has 0 saturated carbocycles. The second kappa shape index (κ2) is 14.7. The van der Waals surface area contributed by atoms with Gasteiger partial charge in [-0.2, -0.15) is 0 Å². The van der Waals surface area contributed by atoms with Crippen molar-refractivity contribution >= 4 is 33.1 Å². The van der Waals surface area contributed by atoms with Gasteiger partial charge in [0.15, 0.2) is 0 Å². The Kier molecular flexibility index (Phi) is 8.98. The van der Waals surface area contributed by atoms with E-state index < -0.39 is 0 Å². The summed E-state index contributed by atoms with van der Waals surface area (Å²) in [4.78, 5) is 17.4. The minimum absolute atomic E-state index is 0.0969. The molecule has 6 nitrogen and oxygen atoms in total. The topological polar surface area (TPSA) is 53.5 Å². The third-order valence-corrected chi connectivity index (χ3v) is 16.4. The van der Waals surface area contributed by atoms with Gasteiger partial charge in [-0.05, 0) is 122 Å². The molecule has 3 aliphatic carbocycles. The first-order valence-corrected chi connectivity index (χ1v) is 25.5. The Labute approximate surface area is 405 Å². The lowest BCUT2D eigenvalue weighted by atomic mass is 9.82. The minimum Gasteiger partial charge on any atom is -0.294 e. The molecular formula is C63H60N6. The molecule has 3 heterocycles. The predicted molar refractivity (Wildman–Crippen MR) is 285 cm³/mol. The Morgan fingerprint density at radius 3 is 0.870 bits per heavy atom. The zero-order valence-electron chi connectivity index (χ0n) is 41.6. The second-order valence-electron chi connectivity index (χ2n) is 21.6. The van der Waals surface area contributed by atoms with Gasteiger partial charge < -0.3 is 0 Å². The van der Waals surface area contributed by atoms with E-state index in [0.717, 1.165) is 106 Å². The Bertz CT molecular complexity index is 3380. The molecule has 342 valence electrons. The van der Waals surface area contributed by atoms with E-state index >= 15 is 0 Å². The van der Waals surface area contributed by atoms with Crippen LogP contribution in [0.3, 0.4) is 0 Å². The molecule has 69 heavy (non-hydrogen) atoms. The van der Waals surface area contributed by atoms with E-state index in [1.807, 2.05) is 0 Å². The van der Waals surface area contributed by atoms with Crippen LogP contribution in [-0.2, 0) is 35.5 Å². The number of hydrogen-bond donors (Lipinski definition) is 0. The zero-order chi connectivity index (χ0) is 47.3. The van der Waals surface area contributed by atoms with Crippen molar-refractivity contribution in [2.75, 3.05) is 0 Å². The number of imidazole rings is 3. The van der Waals surface area contributed by atoms with E-state index in [4.69, 9.17) is 15.0 Å². The van der Waals surface area contributed by atoms with Crippen molar-refractivity contribution in [3.05, 3.63) is 178 Å². The van der Waals surface area contributed by atoms with Crippen molar-refractivity contribution in [2.45, 2.75) is 117 Å². The molecule has 0 atom stereocenters. The number of fused-ring (bicyclic) bond motifs is 15. The zero-order valence-corrected chi connectivity index (χ0v) is 41.6. The summed E-state index contributed by atoms with van der Waals surface area (Å²) < 4.78 is 7.42. The molecule has 3 aromatic heterocycles. The molecule has 13 rings (SSSR count). The molecule has 3 aliphatic rings. The quantitative estimate of drug-likeness (QED) is 0.145. The van der Waals surface area contributed by atoms with Crippen LogP contribution >= 0.6 is 0 Å². The van der Waals surface area contributed by atoms with Crippen LogP contribution < -0.4 is 0 Å². The van der Waals surface area contributed by atoms with Gasteiger partial charge in [-0.15, -0.1) is 0 Å². The monoisotopic (exact) mass is 900 g/mol. The van der Waals surface area contributed by atoms with Crippen LogP contribution in [0.1, 0.15) is 132 Å². The fourth-order valence-electron chi connectivity index (χ4n) is 13.1. The molecule has 0 N–H and O–H groups in total. The van der Waals surface area contributed by atoms with E-state index in [1.165, 1.54) is 66.8 Å². The van der Waals surface area contributed by atoms with Gasteiger partial charge in [0.05, 0.1) is 0 Å². The van der Waals surface area contributed by atoms with Crippen molar-refractivity contribution in [1.29, 1.82) is 0 Å². The fourth-order valence-corrected chi connectivity index (χ4v) is 13.1. The molecule has 0 unspecified atom stereocenters. The van der Waals surface area contributed by atoms with Crippen molar-refractivity contribution < 1.29 is 0 Å². The highest BCUT2D eigenvalue weighted by molar-refractivity contribution is 6.20. The fraction of sp³-hybridized carbons (Fsp3) is 0.286. The van der Waals surface area contributed by atoms with Crippen LogP contribution in [0.15, 0.2) is 127 Å². The van der Waals surface area contributed by atoms with E-state index in [0.29, 0.717) is 0 Å². The van der Waals surface area contributed by atoms with E-state index in [2.05, 4.69) is 203 Å². The van der Waals surface area contributed by atoms with Crippen molar-refractivity contribution in [2.24, 2.45) is 0 Å². The third-order valence-electron chi connectivity index (χ3n) is 16.4. The van der Waals surface area contributed by atoms with Gasteiger partial charge in [0.25, 0.3) is 0 Å². The molecule has 0 spiro atoms. The first kappa shape index (κ1) is 42.1. The average Bonchev–Trinajstić information content (AvgIpc) is 4.16. The molecule has 0 aliphatic heterocycles. The van der Waals surface area contributed by atoms with E-state index in [-0.39, 0.29) is 16.2 Å². The largest absolute Gasteiger partial charge is 0.294 e. The van der Waals surface area contributed by atoms with Crippen LogP contribution in [0.25, 0.3) is 83.5 Å². The molecule has 6 heteroatoms. The SMILES string of the molecule is CCCc1nc2c(c3nc(CCC)n(-c4ccc5c(c4)-c4ccccc4C5(C)C)c3c3nc(CCC)n(-c4ccc5c(c4)-c4ccccc4C5(C)C)c23)n1-c1ccc2c(c1)-c1ccccc1C2(C)C. The second-order valence-corrected chi connectivity index (χ2v) is 21.6. The van der Waals surface area contributed by atoms with E-state index in [1.54, 1.807) is 0 Å². The lowest BCUT2D eigenvalue weighted by Gasteiger charge is -2.21. The maximum absolute atomic E-state index is 5.81. The summed E-state index contributed by atoms with van der Waals surface area (Å²) >= 11 is 0. The molecule has 10 aromatic rings. The Hall–Kier alpha value is -7.05. The molecule has 0 amide bonds. The van der Waals surface area contributed by atoms with Crippen LogP contribution in [0.5, 0.6) is 0 Å². The van der Waals surface area contributed by atoms with Gasteiger partial charge in [-0.3, -0.25) is 13.7 Å². The summed E-state index contributed by atoms with van der Waals surface area (Å²) in [5.74, 6) is 3.14. The molecule has 0 radical (unpaired) electrons. The Balaban J connectivity index is 1.17. The molecule has 0 fully saturated rings. The smallest absolute Gasteiger partial charge is 0.118 e. The number of aryl methyl sites for hydroxylation is 3. The van der Waals surface area contributed by atoms with Crippen molar-refractivity contribution in [3.8, 4) is 50.4 Å². The standard InChI is InChI=1S/C63H60N6/c1-10-19-52-64-55-58(67(52)37-28-31-49-43(34-37)40-22-13-16-25-46(40)61(49,4)5)56-60(69(53(65-56)20-11-2)39-30-33-51-45(36-39)42-24-15-18-27-48(42)63(51,8)9)57-59(55)68(54(66-57)21-12-3)38-29-32-50-44(35-38)41-23-14-17-26-47(41)62(50,6)7/h13-18,22-36H,10-12,19-21H2,1-9H3. The highest BCUT2D eigenvalue weighted by atomic mass is 15.2. The predicted octanol–water partition coefficient (Wildman–Crippen LogP) is 15.5. The molecule has 7 aromatic carbocycles. The maximum Gasteiger partial charge on any atom is 0.118 e. The first-order chi connectivity index (χ1) is 33.4. The van der Waals surface area contributed by atoms with Gasteiger partial charge in [-0.25, -0.2) is 15.0 Å². The van der Waals surface area contributed by atoms with Gasteiger partial charge in [0, 0.05) is 52.6 Å². The highest BCUT2D eigenvalue weighted by Crippen LogP contribution is 2.53. The normalized spacial score (nSPS) is 15.4. The van der Waals surface area contributed by atoms with E-state index in [9.17, 15) is 0 Å². The number of nitrogens with zero attached hydrogens (tertiary/aromatic N) is 6. The summed E-state index contributed by atoms with van der Waals surface area (Å²) in [6, 6.07) is 48.3. The average molecular weight is 901 g/mol. The van der Waals surface area contributed by atoms with Crippen LogP contribution in [0.2, 0.25) is 0 Å². The summed E-state index contributed by atoms with van der Waals surface area (Å²) in [5.41, 5.74) is 25.1. The van der Waals surface area contributed by atoms with Gasteiger partial charge >= 0.3 is 0 Å². The van der Waals surface area contributed by atoms with Gasteiger partial charge in [0.1, 0.15) is 50.6 Å². The summed E-state index contributed by atoms with van der Waals surface area (Å²) in [6.45, 7) is 21.0. The number of rotatable bonds is 9. The lowest BCUT2D eigenvalue weighted by molar-refractivity contribution is 0.660. The van der Waals surface area contributed by atoms with Crippen molar-refractivity contribution in [3.63, 3.8) is 0 Å². The van der Waals surface area contributed by atoms with Crippen LogP contribution in [0.4, 0.5) is 0 Å². The van der Waals surface area contributed by atoms with Crippen molar-refractivity contribution in [1.82, 2.24) is 28.7 Å². The summed E-state index contributed by atoms with van der Waals surface area (Å²) in [7, 11) is 0. The van der Waals surface area contributed by atoms with Gasteiger partial charge in [0.2, 0.25) is 0 Å². The number of aromatic nitrogens is 6. The summed E-state index contributed by atoms with van der Waals surface area (Å²) in [5, 5.41) is 0. The number of hydrogen-bond acceptors (Lipinski definition) is 3. The highest BCUT2D eigenvalue weighted by Gasteiger charge is 2.39. The summed E-state index contributed by atoms with van der Waals surface area (Å²) in [6.07, 6.45) is 5.33. The third kappa shape index (κ3) is 5.63. The molecular weight excluding hydrogens is 841 g/mol. The van der Waals surface area contributed by atoms with Gasteiger partial charge in [-0.1, -0.05) is 153 Å². The molecule has 0 bridgehead atoms. The number of benzene rings is 7. The Morgan fingerprint density at radius 2 is 0.594 bits per heavy atom. The first-order valence-electron chi connectivity index (χ1n) is 25.5.